The average Bonchev–Trinajstić information content (AvgIpc) is 2.70. The Morgan fingerprint density at radius 2 is 2.40 bits per heavy atom. The molecule has 82 valence electrons. The lowest BCUT2D eigenvalue weighted by molar-refractivity contribution is 0.538. The van der Waals surface area contributed by atoms with E-state index >= 15 is 0 Å². The normalized spacial score (nSPS) is 25.8. The molecule has 0 radical (unpaired) electrons. The van der Waals surface area contributed by atoms with Gasteiger partial charge in [0.25, 0.3) is 0 Å². The summed E-state index contributed by atoms with van der Waals surface area (Å²) >= 11 is 7.60. The summed E-state index contributed by atoms with van der Waals surface area (Å²) in [6.07, 6.45) is 1.08. The van der Waals surface area contributed by atoms with Crippen LogP contribution < -0.4 is 5.32 Å². The highest BCUT2D eigenvalue weighted by Gasteiger charge is 2.26. The van der Waals surface area contributed by atoms with Gasteiger partial charge in [0.1, 0.15) is 5.82 Å². The van der Waals surface area contributed by atoms with Gasteiger partial charge in [-0.3, -0.25) is 5.32 Å². The highest BCUT2D eigenvalue weighted by Crippen LogP contribution is 2.35. The van der Waals surface area contributed by atoms with Gasteiger partial charge in [0.05, 0.1) is 5.37 Å². The molecule has 0 aromatic heterocycles. The molecular formula is C11H13ClFNS. The van der Waals surface area contributed by atoms with Crippen molar-refractivity contribution in [3.8, 4) is 0 Å². The summed E-state index contributed by atoms with van der Waals surface area (Å²) in [7, 11) is 0. The number of nitrogens with one attached hydrogen (secondary N) is 1. The number of benzene rings is 1. The van der Waals surface area contributed by atoms with Gasteiger partial charge in [0, 0.05) is 22.4 Å². The van der Waals surface area contributed by atoms with E-state index in [2.05, 4.69) is 12.2 Å². The molecule has 4 heteroatoms. The predicted molar refractivity (Wildman–Crippen MR) is 63.8 cm³/mol. The van der Waals surface area contributed by atoms with Crippen LogP contribution in [0.25, 0.3) is 0 Å². The first-order valence-corrected chi connectivity index (χ1v) is 6.46. The van der Waals surface area contributed by atoms with Crippen LogP contribution in [-0.4, -0.2) is 11.8 Å². The number of halogens is 2. The Morgan fingerprint density at radius 3 is 3.07 bits per heavy atom. The first-order chi connectivity index (χ1) is 7.20. The van der Waals surface area contributed by atoms with Crippen LogP contribution in [0.3, 0.4) is 0 Å². The molecule has 1 aliphatic rings. The highest BCUT2D eigenvalue weighted by molar-refractivity contribution is 7.99. The second-order valence-corrected chi connectivity index (χ2v) is 5.23. The Hall–Kier alpha value is -0.250. The smallest absolute Gasteiger partial charge is 0.128 e. The third-order valence-corrected chi connectivity index (χ3v) is 4.14. The van der Waals surface area contributed by atoms with Crippen molar-refractivity contribution < 1.29 is 4.39 Å². The van der Waals surface area contributed by atoms with Crippen molar-refractivity contribution in [3.63, 3.8) is 0 Å². The van der Waals surface area contributed by atoms with Gasteiger partial charge >= 0.3 is 0 Å². The maximum atomic E-state index is 13.5. The summed E-state index contributed by atoms with van der Waals surface area (Å²) in [5.74, 6) is 0.855. The quantitative estimate of drug-likeness (QED) is 0.855. The van der Waals surface area contributed by atoms with E-state index in [1.807, 2.05) is 0 Å². The van der Waals surface area contributed by atoms with E-state index in [9.17, 15) is 4.39 Å². The van der Waals surface area contributed by atoms with E-state index in [1.165, 1.54) is 6.07 Å². The topological polar surface area (TPSA) is 12.0 Å². The summed E-state index contributed by atoms with van der Waals surface area (Å²) in [4.78, 5) is 0. The molecule has 1 nitrogen and oxygen atoms in total. The minimum absolute atomic E-state index is 0.0497. The van der Waals surface area contributed by atoms with Crippen LogP contribution in [0.5, 0.6) is 0 Å². The Balaban J connectivity index is 2.19. The fourth-order valence-electron chi connectivity index (χ4n) is 1.65. The summed E-state index contributed by atoms with van der Waals surface area (Å²) in [6, 6.07) is 5.20. The fourth-order valence-corrected chi connectivity index (χ4v) is 3.24. The molecule has 1 heterocycles. The lowest BCUT2D eigenvalue weighted by Crippen LogP contribution is -2.25. The predicted octanol–water partition coefficient (Wildman–Crippen LogP) is 3.59. The number of hydrogen-bond acceptors (Lipinski definition) is 2. The zero-order valence-electron chi connectivity index (χ0n) is 8.47. The van der Waals surface area contributed by atoms with Crippen molar-refractivity contribution >= 4 is 23.4 Å². The molecule has 0 amide bonds. The van der Waals surface area contributed by atoms with Gasteiger partial charge in [-0.1, -0.05) is 18.5 Å². The molecule has 2 unspecified atom stereocenters. The number of rotatable bonds is 2. The van der Waals surface area contributed by atoms with Crippen LogP contribution in [-0.2, 0) is 0 Å². The van der Waals surface area contributed by atoms with E-state index in [-0.39, 0.29) is 11.2 Å². The maximum absolute atomic E-state index is 13.5. The SMILES string of the molecule is CCC1CSC(c2cc(Cl)ccc2F)N1. The molecule has 0 aliphatic carbocycles. The van der Waals surface area contributed by atoms with Crippen LogP contribution in [0, 0.1) is 5.82 Å². The molecule has 1 N–H and O–H groups in total. The summed E-state index contributed by atoms with van der Waals surface area (Å²) in [6.45, 7) is 2.13. The number of hydrogen-bond donors (Lipinski definition) is 1. The summed E-state index contributed by atoms with van der Waals surface area (Å²) in [5, 5.41) is 4.03. The zero-order chi connectivity index (χ0) is 10.8. The molecule has 0 spiro atoms. The molecule has 1 aliphatic heterocycles. The van der Waals surface area contributed by atoms with Crippen LogP contribution in [0.4, 0.5) is 4.39 Å². The zero-order valence-corrected chi connectivity index (χ0v) is 10.0. The summed E-state index contributed by atoms with van der Waals surface area (Å²) < 4.78 is 13.5. The standard InChI is InChI=1S/C11H13ClFNS/c1-2-8-6-15-11(14-8)9-5-7(12)3-4-10(9)13/h3-5,8,11,14H,2,6H2,1H3. The first-order valence-electron chi connectivity index (χ1n) is 5.03. The molecule has 15 heavy (non-hydrogen) atoms. The van der Waals surface area contributed by atoms with Crippen LogP contribution >= 0.6 is 23.4 Å². The van der Waals surface area contributed by atoms with Gasteiger partial charge in [-0.15, -0.1) is 11.8 Å². The summed E-state index contributed by atoms with van der Waals surface area (Å²) in [5.41, 5.74) is 0.670. The lowest BCUT2D eigenvalue weighted by atomic mass is 10.2. The minimum atomic E-state index is -0.179. The van der Waals surface area contributed by atoms with Gasteiger partial charge in [-0.25, -0.2) is 4.39 Å². The van der Waals surface area contributed by atoms with E-state index in [4.69, 9.17) is 11.6 Å². The van der Waals surface area contributed by atoms with Crippen LogP contribution in [0.2, 0.25) is 5.02 Å². The third kappa shape index (κ3) is 2.47. The first kappa shape index (κ1) is 11.2. The van der Waals surface area contributed by atoms with Crippen molar-refractivity contribution in [2.24, 2.45) is 0 Å². The fraction of sp³-hybridized carbons (Fsp3) is 0.455. The van der Waals surface area contributed by atoms with Gasteiger partial charge in [-0.05, 0) is 24.6 Å². The Morgan fingerprint density at radius 1 is 1.60 bits per heavy atom. The van der Waals surface area contributed by atoms with Crippen molar-refractivity contribution in [2.75, 3.05) is 5.75 Å². The molecule has 0 bridgehead atoms. The molecule has 1 aromatic rings. The van der Waals surface area contributed by atoms with Crippen molar-refractivity contribution in [1.82, 2.24) is 5.32 Å². The molecule has 1 aromatic carbocycles. The van der Waals surface area contributed by atoms with E-state index in [0.29, 0.717) is 16.6 Å². The largest absolute Gasteiger partial charge is 0.298 e. The van der Waals surface area contributed by atoms with Gasteiger partial charge in [0.2, 0.25) is 0 Å². The Kier molecular flexibility index (Phi) is 3.54. The minimum Gasteiger partial charge on any atom is -0.298 e. The second-order valence-electron chi connectivity index (χ2n) is 3.65. The Bertz CT molecular complexity index is 358. The monoisotopic (exact) mass is 245 g/mol. The molecule has 0 saturated carbocycles. The third-order valence-electron chi connectivity index (χ3n) is 2.58. The second kappa shape index (κ2) is 4.73. The van der Waals surface area contributed by atoms with Crippen molar-refractivity contribution in [1.29, 1.82) is 0 Å². The molecule has 2 atom stereocenters. The molecule has 2 rings (SSSR count). The van der Waals surface area contributed by atoms with Gasteiger partial charge in [0.15, 0.2) is 0 Å². The van der Waals surface area contributed by atoms with E-state index < -0.39 is 0 Å². The molecular weight excluding hydrogens is 233 g/mol. The van der Waals surface area contributed by atoms with Crippen LogP contribution in [0.15, 0.2) is 18.2 Å². The van der Waals surface area contributed by atoms with Gasteiger partial charge < -0.3 is 0 Å². The van der Waals surface area contributed by atoms with Gasteiger partial charge in [-0.2, -0.15) is 0 Å². The average molecular weight is 246 g/mol. The molecule has 1 fully saturated rings. The lowest BCUT2D eigenvalue weighted by Gasteiger charge is -2.13. The van der Waals surface area contributed by atoms with E-state index in [0.717, 1.165) is 12.2 Å². The maximum Gasteiger partial charge on any atom is 0.128 e. The van der Waals surface area contributed by atoms with Crippen molar-refractivity contribution in [2.45, 2.75) is 24.8 Å². The van der Waals surface area contributed by atoms with E-state index in [1.54, 1.807) is 23.9 Å². The number of thioether (sulfide) groups is 1. The highest BCUT2D eigenvalue weighted by atomic mass is 35.5. The Labute approximate surface area is 98.4 Å². The van der Waals surface area contributed by atoms with Crippen LogP contribution in [0.1, 0.15) is 24.3 Å². The molecule has 1 saturated heterocycles. The van der Waals surface area contributed by atoms with Crippen molar-refractivity contribution in [3.05, 3.63) is 34.6 Å².